The lowest BCUT2D eigenvalue weighted by Gasteiger charge is -2.16. The minimum absolute atomic E-state index is 0.0940. The fourth-order valence-electron chi connectivity index (χ4n) is 2.45. The highest BCUT2D eigenvalue weighted by Gasteiger charge is 2.13. The third-order valence-electron chi connectivity index (χ3n) is 3.76. The number of thiocarbonyl (C=S) groups is 1. The summed E-state index contributed by atoms with van der Waals surface area (Å²) in [7, 11) is 0. The number of benzene rings is 2. The second-order valence-corrected chi connectivity index (χ2v) is 6.34. The predicted octanol–water partition coefficient (Wildman–Crippen LogP) is 4.25. The van der Waals surface area contributed by atoms with Crippen LogP contribution in [0.2, 0.25) is 0 Å². The van der Waals surface area contributed by atoms with Gasteiger partial charge >= 0.3 is 0 Å². The van der Waals surface area contributed by atoms with Crippen molar-refractivity contribution in [2.75, 3.05) is 5.32 Å². The van der Waals surface area contributed by atoms with Crippen LogP contribution < -0.4 is 15.4 Å². The Morgan fingerprint density at radius 3 is 2.63 bits per heavy atom. The fraction of sp³-hybridized carbons (Fsp3) is 0.150. The summed E-state index contributed by atoms with van der Waals surface area (Å²) in [5.74, 6) is 0.809. The molecule has 0 radical (unpaired) electrons. The van der Waals surface area contributed by atoms with E-state index in [-0.39, 0.29) is 16.9 Å². The molecule has 3 rings (SSSR count). The molecule has 1 heterocycles. The first-order valence-electron chi connectivity index (χ1n) is 8.38. The second-order valence-electron chi connectivity index (χ2n) is 5.93. The van der Waals surface area contributed by atoms with Crippen molar-refractivity contribution in [2.45, 2.75) is 20.0 Å². The van der Waals surface area contributed by atoms with Crippen molar-refractivity contribution in [2.24, 2.45) is 0 Å². The van der Waals surface area contributed by atoms with Gasteiger partial charge in [0.2, 0.25) is 0 Å². The number of carbonyl (C=O) groups is 1. The van der Waals surface area contributed by atoms with E-state index in [1.54, 1.807) is 6.92 Å². The molecule has 0 saturated carbocycles. The number of ether oxygens (including phenoxy) is 1. The van der Waals surface area contributed by atoms with E-state index in [4.69, 9.17) is 21.5 Å². The maximum Gasteiger partial charge on any atom is 0.279 e. The van der Waals surface area contributed by atoms with Crippen molar-refractivity contribution in [3.05, 3.63) is 77.7 Å². The van der Waals surface area contributed by atoms with Crippen LogP contribution in [0.25, 0.3) is 0 Å². The first kappa shape index (κ1) is 18.6. The third-order valence-corrected chi connectivity index (χ3v) is 3.97. The van der Waals surface area contributed by atoms with Gasteiger partial charge in [0.1, 0.15) is 17.6 Å². The van der Waals surface area contributed by atoms with Gasteiger partial charge in [-0.1, -0.05) is 41.6 Å². The monoisotopic (exact) mass is 381 g/mol. The Bertz CT molecular complexity index is 940. The third kappa shape index (κ3) is 5.15. The van der Waals surface area contributed by atoms with Crippen LogP contribution in [0, 0.1) is 6.92 Å². The number of amides is 1. The Morgan fingerprint density at radius 1 is 1.15 bits per heavy atom. The summed E-state index contributed by atoms with van der Waals surface area (Å²) in [6.07, 6.45) is -0.0940. The van der Waals surface area contributed by atoms with E-state index in [9.17, 15) is 4.79 Å². The van der Waals surface area contributed by atoms with Crippen molar-refractivity contribution in [3.63, 3.8) is 0 Å². The van der Waals surface area contributed by atoms with Gasteiger partial charge in [-0.25, -0.2) is 0 Å². The summed E-state index contributed by atoms with van der Waals surface area (Å²) in [6.45, 7) is 3.70. The largest absolute Gasteiger partial charge is 0.486 e. The summed E-state index contributed by atoms with van der Waals surface area (Å²) in [4.78, 5) is 12.0. The highest BCUT2D eigenvalue weighted by molar-refractivity contribution is 7.80. The minimum atomic E-state index is -0.436. The van der Waals surface area contributed by atoms with Gasteiger partial charge in [0.15, 0.2) is 10.8 Å². The molecule has 0 aliphatic carbocycles. The van der Waals surface area contributed by atoms with Crippen LogP contribution in [-0.2, 0) is 0 Å². The number of hydrogen-bond acceptors (Lipinski definition) is 5. The van der Waals surface area contributed by atoms with Crippen molar-refractivity contribution in [1.29, 1.82) is 0 Å². The second kappa shape index (κ2) is 8.46. The molecule has 0 aliphatic heterocycles. The Morgan fingerprint density at radius 2 is 1.93 bits per heavy atom. The molecule has 1 amide bonds. The molecule has 2 aromatic carbocycles. The van der Waals surface area contributed by atoms with Gasteiger partial charge in [-0.05, 0) is 43.8 Å². The van der Waals surface area contributed by atoms with E-state index in [2.05, 4.69) is 15.8 Å². The van der Waals surface area contributed by atoms with Gasteiger partial charge in [0, 0.05) is 17.8 Å². The normalized spacial score (nSPS) is 11.5. The van der Waals surface area contributed by atoms with Crippen molar-refractivity contribution in [3.8, 4) is 5.75 Å². The van der Waals surface area contributed by atoms with Crippen LogP contribution >= 0.6 is 12.2 Å². The van der Waals surface area contributed by atoms with Crippen LogP contribution in [0.5, 0.6) is 5.75 Å². The van der Waals surface area contributed by atoms with E-state index in [1.807, 2.05) is 61.5 Å². The van der Waals surface area contributed by atoms with Crippen molar-refractivity contribution < 1.29 is 14.1 Å². The van der Waals surface area contributed by atoms with Gasteiger partial charge in [-0.3, -0.25) is 10.1 Å². The molecule has 0 aliphatic rings. The smallest absolute Gasteiger partial charge is 0.279 e. The maximum absolute atomic E-state index is 12.0. The molecular formula is C20H19N3O3S. The summed E-state index contributed by atoms with van der Waals surface area (Å²) in [5.41, 5.74) is 1.96. The van der Waals surface area contributed by atoms with Gasteiger partial charge in [0.25, 0.3) is 5.91 Å². The number of nitrogens with one attached hydrogen (secondary N) is 2. The zero-order valence-corrected chi connectivity index (χ0v) is 15.7. The predicted molar refractivity (Wildman–Crippen MR) is 107 cm³/mol. The van der Waals surface area contributed by atoms with E-state index < -0.39 is 5.91 Å². The number of aromatic nitrogens is 1. The zero-order valence-electron chi connectivity index (χ0n) is 14.9. The fourth-order valence-corrected chi connectivity index (χ4v) is 2.66. The SMILES string of the molecule is Cc1cc(C(=O)NC(=S)Nc2cccc(OC(C)c3ccccc3)c2)no1. The number of anilines is 1. The minimum Gasteiger partial charge on any atom is -0.486 e. The Balaban J connectivity index is 1.60. The van der Waals surface area contributed by atoms with Gasteiger partial charge in [-0.2, -0.15) is 0 Å². The van der Waals surface area contributed by atoms with E-state index >= 15 is 0 Å². The maximum atomic E-state index is 12.0. The van der Waals surface area contributed by atoms with E-state index in [0.717, 1.165) is 5.56 Å². The summed E-state index contributed by atoms with van der Waals surface area (Å²) >= 11 is 5.18. The molecule has 6 nitrogen and oxygen atoms in total. The standard InChI is InChI=1S/C20H19N3O3S/c1-13-11-18(23-26-13)19(24)22-20(27)21-16-9-6-10-17(12-16)25-14(2)15-7-4-3-5-8-15/h3-12,14H,1-2H3,(H2,21,22,24,27). The van der Waals surface area contributed by atoms with E-state index in [0.29, 0.717) is 17.2 Å². The Hall–Kier alpha value is -3.19. The summed E-state index contributed by atoms with van der Waals surface area (Å²) < 4.78 is 10.9. The Labute approximate surface area is 162 Å². The molecule has 7 heteroatoms. The zero-order chi connectivity index (χ0) is 19.2. The average molecular weight is 381 g/mol. The van der Waals surface area contributed by atoms with Gasteiger partial charge in [-0.15, -0.1) is 0 Å². The molecule has 138 valence electrons. The number of carbonyl (C=O) groups excluding carboxylic acids is 1. The van der Waals surface area contributed by atoms with Crippen LogP contribution in [0.15, 0.2) is 65.2 Å². The lowest BCUT2D eigenvalue weighted by Crippen LogP contribution is -2.34. The highest BCUT2D eigenvalue weighted by atomic mass is 32.1. The lowest BCUT2D eigenvalue weighted by atomic mass is 10.1. The number of aryl methyl sites for hydroxylation is 1. The molecule has 27 heavy (non-hydrogen) atoms. The topological polar surface area (TPSA) is 76.4 Å². The van der Waals surface area contributed by atoms with Gasteiger partial charge in [0.05, 0.1) is 0 Å². The Kier molecular flexibility index (Phi) is 5.83. The number of hydrogen-bond donors (Lipinski definition) is 2. The number of rotatable bonds is 5. The first-order valence-corrected chi connectivity index (χ1v) is 8.79. The molecule has 1 aromatic heterocycles. The summed E-state index contributed by atoms with van der Waals surface area (Å²) in [6, 6.07) is 18.9. The molecule has 1 unspecified atom stereocenters. The highest BCUT2D eigenvalue weighted by Crippen LogP contribution is 2.24. The van der Waals surface area contributed by atoms with Crippen molar-refractivity contribution >= 4 is 28.9 Å². The molecule has 0 fully saturated rings. The van der Waals surface area contributed by atoms with Crippen LogP contribution in [0.1, 0.15) is 34.8 Å². The molecule has 0 saturated heterocycles. The van der Waals surface area contributed by atoms with Crippen LogP contribution in [0.3, 0.4) is 0 Å². The van der Waals surface area contributed by atoms with Crippen molar-refractivity contribution in [1.82, 2.24) is 10.5 Å². The molecule has 0 spiro atoms. The molecule has 3 aromatic rings. The quantitative estimate of drug-likeness (QED) is 0.644. The van der Waals surface area contributed by atoms with Crippen LogP contribution in [0.4, 0.5) is 5.69 Å². The molecule has 1 atom stereocenters. The van der Waals surface area contributed by atoms with E-state index in [1.165, 1.54) is 6.07 Å². The molecular weight excluding hydrogens is 362 g/mol. The summed E-state index contributed by atoms with van der Waals surface area (Å²) in [5, 5.41) is 9.34. The van der Waals surface area contributed by atoms with Gasteiger partial charge < -0.3 is 14.6 Å². The number of nitrogens with zero attached hydrogens (tertiary/aromatic N) is 1. The first-order chi connectivity index (χ1) is 13.0. The average Bonchev–Trinajstić information content (AvgIpc) is 3.09. The molecule has 0 bridgehead atoms. The molecule has 2 N–H and O–H groups in total. The lowest BCUT2D eigenvalue weighted by molar-refractivity contribution is 0.0969. The van der Waals surface area contributed by atoms with Crippen LogP contribution in [-0.4, -0.2) is 16.2 Å².